The Hall–Kier alpha value is -0.210. The van der Waals surface area contributed by atoms with E-state index in [1.165, 1.54) is 17.8 Å². The van der Waals surface area contributed by atoms with E-state index in [9.17, 15) is 4.39 Å². The van der Waals surface area contributed by atoms with Gasteiger partial charge < -0.3 is 0 Å². The van der Waals surface area contributed by atoms with E-state index in [1.807, 2.05) is 12.3 Å². The highest BCUT2D eigenvalue weighted by Gasteiger charge is 2.00. The van der Waals surface area contributed by atoms with Crippen LogP contribution in [0.3, 0.4) is 0 Å². The molecule has 0 saturated carbocycles. The quantitative estimate of drug-likeness (QED) is 0.510. The van der Waals surface area contributed by atoms with Crippen molar-refractivity contribution in [2.24, 2.45) is 0 Å². The van der Waals surface area contributed by atoms with Crippen LogP contribution in [0.5, 0.6) is 0 Å². The second-order valence-electron chi connectivity index (χ2n) is 2.09. The summed E-state index contributed by atoms with van der Waals surface area (Å²) in [6, 6.07) is 5.09. The molecule has 1 rings (SSSR count). The van der Waals surface area contributed by atoms with Crippen LogP contribution >= 0.6 is 23.4 Å². The van der Waals surface area contributed by atoms with E-state index >= 15 is 0 Å². The Bertz CT molecular complexity index is 250. The van der Waals surface area contributed by atoms with Gasteiger partial charge in [-0.15, -0.1) is 23.4 Å². The van der Waals surface area contributed by atoms with E-state index in [4.69, 9.17) is 11.6 Å². The van der Waals surface area contributed by atoms with Crippen molar-refractivity contribution in [3.63, 3.8) is 0 Å². The van der Waals surface area contributed by atoms with E-state index in [-0.39, 0.29) is 11.7 Å². The lowest BCUT2D eigenvalue weighted by atomic mass is 10.2. The van der Waals surface area contributed by atoms with Crippen LogP contribution in [-0.2, 0) is 5.88 Å². The number of rotatable bonds is 2. The molecule has 0 spiro atoms. The Kier molecular flexibility index (Phi) is 3.21. The van der Waals surface area contributed by atoms with Crippen LogP contribution < -0.4 is 0 Å². The second-order valence-corrected chi connectivity index (χ2v) is 3.24. The highest BCUT2D eigenvalue weighted by Crippen LogP contribution is 2.19. The molecule has 0 amide bonds. The first-order chi connectivity index (χ1) is 5.27. The Morgan fingerprint density at radius 2 is 2.27 bits per heavy atom. The van der Waals surface area contributed by atoms with Crippen molar-refractivity contribution in [3.8, 4) is 0 Å². The number of hydrogen-bond acceptors (Lipinski definition) is 1. The van der Waals surface area contributed by atoms with Gasteiger partial charge in [0, 0.05) is 10.5 Å². The lowest BCUT2D eigenvalue weighted by molar-refractivity contribution is 0.613. The summed E-state index contributed by atoms with van der Waals surface area (Å²) in [5, 5.41) is 0. The van der Waals surface area contributed by atoms with Crippen LogP contribution in [0.15, 0.2) is 23.1 Å². The largest absolute Gasteiger partial charge is 0.207 e. The Balaban J connectivity index is 2.99. The first kappa shape index (κ1) is 8.88. The minimum Gasteiger partial charge on any atom is -0.207 e. The van der Waals surface area contributed by atoms with Crippen molar-refractivity contribution in [1.82, 2.24) is 0 Å². The fraction of sp³-hybridized carbons (Fsp3) is 0.250. The van der Waals surface area contributed by atoms with E-state index in [0.717, 1.165) is 4.90 Å². The van der Waals surface area contributed by atoms with Crippen LogP contribution in [0.1, 0.15) is 5.56 Å². The maximum absolute atomic E-state index is 12.9. The van der Waals surface area contributed by atoms with Crippen molar-refractivity contribution in [3.05, 3.63) is 29.6 Å². The molecule has 3 heteroatoms. The number of thioether (sulfide) groups is 1. The molecule has 0 unspecified atom stereocenters. The van der Waals surface area contributed by atoms with Crippen LogP contribution in [0, 0.1) is 5.82 Å². The maximum Gasteiger partial charge on any atom is 0.128 e. The third kappa shape index (κ3) is 2.11. The predicted octanol–water partition coefficient (Wildman–Crippen LogP) is 3.29. The molecule has 1 aromatic carbocycles. The summed E-state index contributed by atoms with van der Waals surface area (Å²) in [6.45, 7) is 0. The lowest BCUT2D eigenvalue weighted by Gasteiger charge is -1.99. The maximum atomic E-state index is 12.9. The molecular formula is C8H8ClFS. The average Bonchev–Trinajstić information content (AvgIpc) is 2.04. The molecule has 60 valence electrons. The van der Waals surface area contributed by atoms with Gasteiger partial charge in [-0.1, -0.05) is 6.07 Å². The zero-order chi connectivity index (χ0) is 8.27. The summed E-state index contributed by atoms with van der Waals surface area (Å²) in [5.41, 5.74) is 0.560. The van der Waals surface area contributed by atoms with Crippen molar-refractivity contribution < 1.29 is 4.39 Å². The molecule has 0 heterocycles. The van der Waals surface area contributed by atoms with E-state index < -0.39 is 0 Å². The Morgan fingerprint density at radius 3 is 2.73 bits per heavy atom. The molecule has 0 aliphatic carbocycles. The molecular weight excluding hydrogens is 183 g/mol. The topological polar surface area (TPSA) is 0 Å². The molecule has 0 fully saturated rings. The zero-order valence-corrected chi connectivity index (χ0v) is 7.68. The van der Waals surface area contributed by atoms with Gasteiger partial charge in [0.05, 0.1) is 5.88 Å². The average molecular weight is 191 g/mol. The zero-order valence-electron chi connectivity index (χ0n) is 6.10. The van der Waals surface area contributed by atoms with Crippen molar-refractivity contribution in [2.75, 3.05) is 6.26 Å². The number of hydrogen-bond donors (Lipinski definition) is 0. The van der Waals surface area contributed by atoms with Crippen molar-refractivity contribution in [2.45, 2.75) is 10.8 Å². The van der Waals surface area contributed by atoms with Gasteiger partial charge in [-0.25, -0.2) is 4.39 Å². The van der Waals surface area contributed by atoms with Gasteiger partial charge in [-0.2, -0.15) is 0 Å². The number of benzene rings is 1. The molecule has 0 saturated heterocycles. The normalized spacial score (nSPS) is 10.1. The van der Waals surface area contributed by atoms with Crippen molar-refractivity contribution >= 4 is 23.4 Å². The smallest absolute Gasteiger partial charge is 0.128 e. The summed E-state index contributed by atoms with van der Waals surface area (Å²) in [7, 11) is 0. The predicted molar refractivity (Wildman–Crippen MR) is 47.7 cm³/mol. The number of alkyl halides is 1. The van der Waals surface area contributed by atoms with Gasteiger partial charge in [-0.05, 0) is 18.4 Å². The van der Waals surface area contributed by atoms with Crippen LogP contribution in [0.2, 0.25) is 0 Å². The molecule has 1 aromatic rings. The lowest BCUT2D eigenvalue weighted by Crippen LogP contribution is -1.85. The van der Waals surface area contributed by atoms with Gasteiger partial charge in [0.15, 0.2) is 0 Å². The molecule has 0 radical (unpaired) electrons. The van der Waals surface area contributed by atoms with E-state index in [1.54, 1.807) is 6.07 Å². The van der Waals surface area contributed by atoms with Crippen LogP contribution in [0.25, 0.3) is 0 Å². The third-order valence-corrected chi connectivity index (χ3v) is 2.42. The molecule has 0 bridgehead atoms. The molecule has 0 nitrogen and oxygen atoms in total. The minimum atomic E-state index is -0.216. The van der Waals surface area contributed by atoms with Gasteiger partial charge in [0.1, 0.15) is 5.82 Å². The molecule has 0 aromatic heterocycles. The molecule has 0 N–H and O–H groups in total. The molecule has 0 atom stereocenters. The summed E-state index contributed by atoms with van der Waals surface area (Å²) in [6.07, 6.45) is 1.91. The van der Waals surface area contributed by atoms with Gasteiger partial charge in [-0.3, -0.25) is 0 Å². The van der Waals surface area contributed by atoms with Gasteiger partial charge in [0.25, 0.3) is 0 Å². The van der Waals surface area contributed by atoms with Crippen molar-refractivity contribution in [1.29, 1.82) is 0 Å². The third-order valence-electron chi connectivity index (χ3n) is 1.40. The fourth-order valence-electron chi connectivity index (χ4n) is 0.763. The second kappa shape index (κ2) is 3.98. The molecule has 11 heavy (non-hydrogen) atoms. The van der Waals surface area contributed by atoms with Crippen LogP contribution in [-0.4, -0.2) is 6.26 Å². The summed E-state index contributed by atoms with van der Waals surface area (Å²) in [5.74, 6) is 0.0207. The first-order valence-corrected chi connectivity index (χ1v) is 4.92. The Morgan fingerprint density at radius 1 is 1.55 bits per heavy atom. The highest BCUT2D eigenvalue weighted by atomic mass is 35.5. The van der Waals surface area contributed by atoms with Gasteiger partial charge in [0.2, 0.25) is 0 Å². The summed E-state index contributed by atoms with van der Waals surface area (Å²) in [4.78, 5) is 0.927. The standard InChI is InChI=1S/C8H8ClFS/c1-11-7-3-2-6(5-9)8(10)4-7/h2-4H,5H2,1H3. The summed E-state index contributed by atoms with van der Waals surface area (Å²) < 4.78 is 12.9. The molecule has 0 aliphatic heterocycles. The molecule has 0 aliphatic rings. The summed E-state index contributed by atoms with van der Waals surface area (Å²) >= 11 is 7.00. The highest BCUT2D eigenvalue weighted by molar-refractivity contribution is 7.98. The SMILES string of the molecule is CSc1ccc(CCl)c(F)c1. The minimum absolute atomic E-state index is 0.216. The van der Waals surface area contributed by atoms with E-state index in [2.05, 4.69) is 0 Å². The fourth-order valence-corrected chi connectivity index (χ4v) is 1.41. The van der Waals surface area contributed by atoms with E-state index in [0.29, 0.717) is 5.56 Å². The van der Waals surface area contributed by atoms with Gasteiger partial charge >= 0.3 is 0 Å². The first-order valence-electron chi connectivity index (χ1n) is 3.16. The Labute approximate surface area is 74.8 Å². The van der Waals surface area contributed by atoms with Crippen LogP contribution in [0.4, 0.5) is 4.39 Å². The monoisotopic (exact) mass is 190 g/mol. The number of halogens is 2.